The summed E-state index contributed by atoms with van der Waals surface area (Å²) in [5.74, 6) is 0.228. The van der Waals surface area contributed by atoms with E-state index in [0.717, 1.165) is 5.69 Å². The van der Waals surface area contributed by atoms with E-state index >= 15 is 0 Å². The van der Waals surface area contributed by atoms with Crippen molar-refractivity contribution in [2.24, 2.45) is 12.0 Å². The lowest BCUT2D eigenvalue weighted by atomic mass is 10.2. The van der Waals surface area contributed by atoms with E-state index in [1.807, 2.05) is 48.5 Å². The van der Waals surface area contributed by atoms with Gasteiger partial charge in [-0.15, -0.1) is 14.4 Å². The van der Waals surface area contributed by atoms with E-state index in [2.05, 4.69) is 10.2 Å². The standard InChI is InChI=1S/C16H14N4O/c1-19-15(17-16(21)13-8-4-2-5-9-13)12-20(18-19)14-10-6-3-7-11-14/h2-12H,1H3. The van der Waals surface area contributed by atoms with Gasteiger partial charge in [0, 0.05) is 10.8 Å². The molecule has 0 atom stereocenters. The molecule has 0 unspecified atom stereocenters. The van der Waals surface area contributed by atoms with Crippen LogP contribution in [0.5, 0.6) is 0 Å². The predicted molar refractivity (Wildman–Crippen MR) is 77.4 cm³/mol. The van der Waals surface area contributed by atoms with Crippen molar-refractivity contribution in [1.82, 2.24) is 9.90 Å². The number of aromatic nitrogens is 3. The van der Waals surface area contributed by atoms with Crippen LogP contribution in [0.3, 0.4) is 0 Å². The Hall–Kier alpha value is -2.95. The normalized spacial score (nSPS) is 11.6. The summed E-state index contributed by atoms with van der Waals surface area (Å²) < 4.78 is 3.27. The van der Waals surface area contributed by atoms with Crippen molar-refractivity contribution in [3.05, 3.63) is 72.4 Å². The second-order valence-electron chi connectivity index (χ2n) is 4.56. The molecule has 5 nitrogen and oxygen atoms in total. The van der Waals surface area contributed by atoms with Crippen LogP contribution in [0, 0.1) is 0 Å². The Morgan fingerprint density at radius 1 is 1.05 bits per heavy atom. The molecule has 0 amide bonds. The lowest BCUT2D eigenvalue weighted by Crippen LogP contribution is -2.32. The maximum absolute atomic E-state index is 12.1. The summed E-state index contributed by atoms with van der Waals surface area (Å²) in [5, 5.41) is 16.4. The fraction of sp³-hybridized carbons (Fsp3) is 0.0625. The van der Waals surface area contributed by atoms with E-state index in [4.69, 9.17) is 0 Å². The molecule has 1 aromatic heterocycles. The average molecular weight is 278 g/mol. The largest absolute Gasteiger partial charge is 0.845 e. The van der Waals surface area contributed by atoms with Crippen LogP contribution in [-0.2, 0) is 7.05 Å². The molecule has 0 aliphatic rings. The van der Waals surface area contributed by atoms with E-state index in [1.54, 1.807) is 34.7 Å². The predicted octanol–water partition coefficient (Wildman–Crippen LogP) is 1.14. The molecule has 0 saturated carbocycles. The molecule has 0 radical (unpaired) electrons. The molecular formula is C16H14N4O. The molecule has 5 heteroatoms. The summed E-state index contributed by atoms with van der Waals surface area (Å²) in [6, 6.07) is 18.7. The maximum Gasteiger partial charge on any atom is 0.314 e. The van der Waals surface area contributed by atoms with Gasteiger partial charge in [-0.25, -0.2) is 0 Å². The number of hydrogen-bond acceptors (Lipinski definition) is 3. The van der Waals surface area contributed by atoms with Crippen molar-refractivity contribution < 1.29 is 9.79 Å². The van der Waals surface area contributed by atoms with Gasteiger partial charge in [-0.3, -0.25) is 0 Å². The summed E-state index contributed by atoms with van der Waals surface area (Å²) in [7, 11) is 1.76. The third kappa shape index (κ3) is 2.81. The summed E-state index contributed by atoms with van der Waals surface area (Å²) in [6.45, 7) is 0. The Bertz CT molecular complexity index is 763. The first-order valence-corrected chi connectivity index (χ1v) is 6.56. The highest BCUT2D eigenvalue weighted by molar-refractivity contribution is 5.91. The van der Waals surface area contributed by atoms with E-state index in [0.29, 0.717) is 11.4 Å². The van der Waals surface area contributed by atoms with Gasteiger partial charge in [0.1, 0.15) is 5.69 Å². The molecule has 3 aromatic rings. The summed E-state index contributed by atoms with van der Waals surface area (Å²) >= 11 is 0. The van der Waals surface area contributed by atoms with Crippen LogP contribution in [0.15, 0.2) is 71.9 Å². The molecule has 1 heterocycles. The number of nitrogens with zero attached hydrogens (tertiary/aromatic N) is 4. The van der Waals surface area contributed by atoms with E-state index in [9.17, 15) is 5.11 Å². The summed E-state index contributed by atoms with van der Waals surface area (Å²) in [6.07, 6.45) is 1.73. The second-order valence-corrected chi connectivity index (χ2v) is 4.56. The molecule has 0 aliphatic carbocycles. The third-order valence-electron chi connectivity index (χ3n) is 3.06. The van der Waals surface area contributed by atoms with Crippen LogP contribution in [-0.4, -0.2) is 15.8 Å². The minimum atomic E-state index is -0.279. The molecule has 0 bridgehead atoms. The Kier molecular flexibility index (Phi) is 3.47. The van der Waals surface area contributed by atoms with Crippen LogP contribution < -0.4 is 9.79 Å². The van der Waals surface area contributed by atoms with Crippen molar-refractivity contribution in [2.45, 2.75) is 0 Å². The van der Waals surface area contributed by atoms with Crippen LogP contribution >= 0.6 is 0 Å². The second kappa shape index (κ2) is 5.58. The fourth-order valence-corrected chi connectivity index (χ4v) is 1.97. The van der Waals surface area contributed by atoms with Crippen molar-refractivity contribution in [3.63, 3.8) is 0 Å². The van der Waals surface area contributed by atoms with Crippen LogP contribution in [0.2, 0.25) is 0 Å². The number of aliphatic imine (C=N–C) groups is 1. The zero-order chi connectivity index (χ0) is 14.7. The van der Waals surface area contributed by atoms with Gasteiger partial charge < -0.3 is 5.11 Å². The molecule has 0 spiro atoms. The monoisotopic (exact) mass is 278 g/mol. The molecule has 0 saturated heterocycles. The fourth-order valence-electron chi connectivity index (χ4n) is 1.97. The molecule has 21 heavy (non-hydrogen) atoms. The number of hydrogen-bond donors (Lipinski definition) is 0. The van der Waals surface area contributed by atoms with Crippen molar-refractivity contribution in [1.29, 1.82) is 0 Å². The summed E-state index contributed by atoms with van der Waals surface area (Å²) in [4.78, 5) is 4.12. The topological polar surface area (TPSA) is 57.1 Å². The molecule has 0 aliphatic heterocycles. The van der Waals surface area contributed by atoms with Crippen LogP contribution in [0.25, 0.3) is 5.69 Å². The Morgan fingerprint density at radius 3 is 2.33 bits per heavy atom. The SMILES string of the molecule is C[n+]1nn(-c2ccccc2)cc1/N=C(\[O-])c1ccccc1. The smallest absolute Gasteiger partial charge is 0.314 e. The van der Waals surface area contributed by atoms with E-state index < -0.39 is 0 Å². The zero-order valence-electron chi connectivity index (χ0n) is 11.5. The first-order valence-electron chi connectivity index (χ1n) is 6.56. The van der Waals surface area contributed by atoms with Gasteiger partial charge in [-0.2, -0.15) is 0 Å². The Balaban J connectivity index is 1.96. The zero-order valence-corrected chi connectivity index (χ0v) is 11.5. The maximum atomic E-state index is 12.1. The molecule has 0 fully saturated rings. The highest BCUT2D eigenvalue weighted by atomic mass is 16.3. The third-order valence-corrected chi connectivity index (χ3v) is 3.06. The lowest BCUT2D eigenvalue weighted by Gasteiger charge is -2.04. The number of benzene rings is 2. The van der Waals surface area contributed by atoms with Gasteiger partial charge in [-0.05, 0) is 12.1 Å². The van der Waals surface area contributed by atoms with Gasteiger partial charge in [0.05, 0.1) is 12.9 Å². The van der Waals surface area contributed by atoms with Crippen molar-refractivity contribution >= 4 is 11.7 Å². The average Bonchev–Trinajstić information content (AvgIpc) is 2.90. The van der Waals surface area contributed by atoms with E-state index in [-0.39, 0.29) is 5.90 Å². The molecule has 3 rings (SSSR count). The number of rotatable bonds is 3. The van der Waals surface area contributed by atoms with Crippen LogP contribution in [0.4, 0.5) is 5.82 Å². The van der Waals surface area contributed by atoms with Crippen molar-refractivity contribution in [3.8, 4) is 5.69 Å². The van der Waals surface area contributed by atoms with Crippen molar-refractivity contribution in [2.75, 3.05) is 0 Å². The molecule has 2 aromatic carbocycles. The highest BCUT2D eigenvalue weighted by Crippen LogP contribution is 2.10. The molecular weight excluding hydrogens is 264 g/mol. The minimum Gasteiger partial charge on any atom is -0.845 e. The molecule has 104 valence electrons. The van der Waals surface area contributed by atoms with Gasteiger partial charge >= 0.3 is 5.82 Å². The lowest BCUT2D eigenvalue weighted by molar-refractivity contribution is -0.719. The number of para-hydroxylation sites is 1. The summed E-state index contributed by atoms with van der Waals surface area (Å²) in [5.41, 5.74) is 1.48. The quantitative estimate of drug-likeness (QED) is 0.410. The van der Waals surface area contributed by atoms with Gasteiger partial charge in [0.25, 0.3) is 0 Å². The molecule has 0 N–H and O–H groups in total. The van der Waals surface area contributed by atoms with Gasteiger partial charge in [0.15, 0.2) is 6.20 Å². The van der Waals surface area contributed by atoms with Gasteiger partial charge in [0.2, 0.25) is 0 Å². The number of aryl methyl sites for hydroxylation is 1. The Morgan fingerprint density at radius 2 is 1.67 bits per heavy atom. The Labute approximate surface area is 122 Å². The first-order chi connectivity index (χ1) is 10.2. The van der Waals surface area contributed by atoms with E-state index in [1.165, 1.54) is 0 Å². The van der Waals surface area contributed by atoms with Crippen LogP contribution in [0.1, 0.15) is 5.56 Å². The van der Waals surface area contributed by atoms with Gasteiger partial charge in [-0.1, -0.05) is 48.5 Å². The first kappa shape index (κ1) is 13.1. The minimum absolute atomic E-state index is 0.279. The highest BCUT2D eigenvalue weighted by Gasteiger charge is 2.12.